The monoisotopic (exact) mass is 337 g/mol. The zero-order chi connectivity index (χ0) is 16.8. The van der Waals surface area contributed by atoms with Gasteiger partial charge in [0.25, 0.3) is 0 Å². The molecule has 24 heavy (non-hydrogen) atoms. The molecular weight excluding hydrogens is 322 g/mol. The second-order valence-electron chi connectivity index (χ2n) is 5.08. The van der Waals surface area contributed by atoms with Gasteiger partial charge in [-0.3, -0.25) is 5.01 Å². The van der Waals surface area contributed by atoms with Gasteiger partial charge in [0.2, 0.25) is 0 Å². The average Bonchev–Trinajstić information content (AvgIpc) is 2.63. The van der Waals surface area contributed by atoms with Crippen molar-refractivity contribution in [3.05, 3.63) is 90.0 Å². The van der Waals surface area contributed by atoms with Gasteiger partial charge in [0.15, 0.2) is 0 Å². The van der Waals surface area contributed by atoms with Crippen LogP contribution in [0.2, 0.25) is 5.02 Å². The Bertz CT molecular complexity index is 752. The highest BCUT2D eigenvalue weighted by molar-refractivity contribution is 6.30. The minimum Gasteiger partial charge on any atom is -0.307 e. The Kier molecular flexibility index (Phi) is 4.99. The van der Waals surface area contributed by atoms with Crippen LogP contribution in [-0.2, 0) is 0 Å². The number of nitrogens with zero attached hydrogens (tertiary/aromatic N) is 1. The zero-order valence-electron chi connectivity index (χ0n) is 12.8. The molecule has 0 atom stereocenters. The number of halogens is 1. The maximum atomic E-state index is 12.4. The molecule has 120 valence electrons. The summed E-state index contributed by atoms with van der Waals surface area (Å²) in [7, 11) is 0. The lowest BCUT2D eigenvalue weighted by Crippen LogP contribution is -2.41. The predicted octanol–water partition coefficient (Wildman–Crippen LogP) is 5.21. The number of hydrogen-bond donors (Lipinski definition) is 2. The maximum absolute atomic E-state index is 12.4. The fourth-order valence-corrected chi connectivity index (χ4v) is 2.35. The van der Waals surface area contributed by atoms with Gasteiger partial charge in [-0.05, 0) is 48.5 Å². The molecule has 0 aliphatic carbocycles. The molecule has 0 spiro atoms. The van der Waals surface area contributed by atoms with E-state index in [-0.39, 0.29) is 6.03 Å². The fraction of sp³-hybridized carbons (Fsp3) is 0. The lowest BCUT2D eigenvalue weighted by Gasteiger charge is -2.25. The number of rotatable bonds is 4. The van der Waals surface area contributed by atoms with Crippen LogP contribution in [-0.4, -0.2) is 6.03 Å². The fourth-order valence-electron chi connectivity index (χ4n) is 2.23. The predicted molar refractivity (Wildman–Crippen MR) is 98.6 cm³/mol. The molecule has 5 heteroatoms. The molecule has 0 aliphatic rings. The quantitative estimate of drug-likeness (QED) is 0.641. The van der Waals surface area contributed by atoms with Crippen molar-refractivity contribution in [1.29, 1.82) is 0 Å². The van der Waals surface area contributed by atoms with Crippen molar-refractivity contribution in [1.82, 2.24) is 5.43 Å². The SMILES string of the molecule is O=C(Nc1ccc(Cl)cc1)NN(c1ccccc1)c1ccccc1. The van der Waals surface area contributed by atoms with Crippen LogP contribution in [0.1, 0.15) is 0 Å². The van der Waals surface area contributed by atoms with Crippen molar-refractivity contribution in [2.24, 2.45) is 0 Å². The van der Waals surface area contributed by atoms with Crippen LogP contribution in [0.15, 0.2) is 84.9 Å². The third-order valence-electron chi connectivity index (χ3n) is 3.34. The molecule has 0 aliphatic heterocycles. The van der Waals surface area contributed by atoms with Crippen molar-refractivity contribution in [3.63, 3.8) is 0 Å². The molecule has 3 aromatic carbocycles. The van der Waals surface area contributed by atoms with Crippen LogP contribution in [0.25, 0.3) is 0 Å². The Hall–Kier alpha value is -2.98. The van der Waals surface area contributed by atoms with Gasteiger partial charge >= 0.3 is 6.03 Å². The lowest BCUT2D eigenvalue weighted by atomic mass is 10.2. The largest absolute Gasteiger partial charge is 0.338 e. The van der Waals surface area contributed by atoms with Crippen LogP contribution in [0.3, 0.4) is 0 Å². The Morgan fingerprint density at radius 3 is 1.75 bits per heavy atom. The van der Waals surface area contributed by atoms with Crippen molar-refractivity contribution >= 4 is 34.7 Å². The number of hydrazine groups is 1. The van der Waals surface area contributed by atoms with Crippen LogP contribution >= 0.6 is 11.6 Å². The molecule has 0 radical (unpaired) electrons. The van der Waals surface area contributed by atoms with Gasteiger partial charge in [-0.2, -0.15) is 0 Å². The summed E-state index contributed by atoms with van der Waals surface area (Å²) >= 11 is 5.86. The minimum atomic E-state index is -0.343. The van der Waals surface area contributed by atoms with E-state index in [0.717, 1.165) is 11.4 Å². The summed E-state index contributed by atoms with van der Waals surface area (Å²) < 4.78 is 0. The van der Waals surface area contributed by atoms with Gasteiger partial charge in [0, 0.05) is 10.7 Å². The van der Waals surface area contributed by atoms with Crippen LogP contribution in [0.5, 0.6) is 0 Å². The Morgan fingerprint density at radius 2 is 1.25 bits per heavy atom. The number of para-hydroxylation sites is 2. The normalized spacial score (nSPS) is 10.0. The maximum Gasteiger partial charge on any atom is 0.338 e. The van der Waals surface area contributed by atoms with E-state index in [1.165, 1.54) is 0 Å². The van der Waals surface area contributed by atoms with Gasteiger partial charge in [0.05, 0.1) is 11.4 Å². The smallest absolute Gasteiger partial charge is 0.307 e. The van der Waals surface area contributed by atoms with E-state index >= 15 is 0 Å². The number of carbonyl (C=O) groups excluding carboxylic acids is 1. The standard InChI is InChI=1S/C19H16ClN3O/c20-15-11-13-16(14-12-15)21-19(24)22-23(17-7-3-1-4-8-17)18-9-5-2-6-10-18/h1-14H,(H2,21,22,24). The third kappa shape index (κ3) is 4.06. The highest BCUT2D eigenvalue weighted by atomic mass is 35.5. The molecule has 0 bridgehead atoms. The molecule has 0 saturated heterocycles. The van der Waals surface area contributed by atoms with Gasteiger partial charge in [0.1, 0.15) is 0 Å². The number of hydrogen-bond acceptors (Lipinski definition) is 2. The van der Waals surface area contributed by atoms with Gasteiger partial charge in [-0.1, -0.05) is 48.0 Å². The number of carbonyl (C=O) groups is 1. The molecule has 2 amide bonds. The summed E-state index contributed by atoms with van der Waals surface area (Å²) in [5.74, 6) is 0. The molecule has 0 heterocycles. The highest BCUT2D eigenvalue weighted by Crippen LogP contribution is 2.22. The Labute approximate surface area is 145 Å². The summed E-state index contributed by atoms with van der Waals surface area (Å²) in [6.45, 7) is 0. The number of anilines is 3. The molecule has 0 unspecified atom stereocenters. The van der Waals surface area contributed by atoms with Crippen LogP contribution in [0.4, 0.5) is 21.9 Å². The topological polar surface area (TPSA) is 44.4 Å². The molecular formula is C19H16ClN3O. The Balaban J connectivity index is 1.79. The van der Waals surface area contributed by atoms with E-state index in [1.807, 2.05) is 60.7 Å². The summed E-state index contributed by atoms with van der Waals surface area (Å²) in [4.78, 5) is 12.4. The first-order valence-corrected chi connectivity index (χ1v) is 7.83. The van der Waals surface area contributed by atoms with Gasteiger partial charge in [-0.15, -0.1) is 0 Å². The van der Waals surface area contributed by atoms with E-state index in [2.05, 4.69) is 10.7 Å². The molecule has 0 fully saturated rings. The minimum absolute atomic E-state index is 0.343. The molecule has 4 nitrogen and oxygen atoms in total. The van der Waals surface area contributed by atoms with E-state index in [1.54, 1.807) is 29.3 Å². The second-order valence-corrected chi connectivity index (χ2v) is 5.52. The molecule has 0 saturated carbocycles. The van der Waals surface area contributed by atoms with E-state index in [9.17, 15) is 4.79 Å². The van der Waals surface area contributed by atoms with Gasteiger partial charge < -0.3 is 5.32 Å². The number of benzene rings is 3. The van der Waals surface area contributed by atoms with E-state index < -0.39 is 0 Å². The average molecular weight is 338 g/mol. The molecule has 3 rings (SSSR count). The highest BCUT2D eigenvalue weighted by Gasteiger charge is 2.12. The number of urea groups is 1. The van der Waals surface area contributed by atoms with Crippen LogP contribution < -0.4 is 15.8 Å². The lowest BCUT2D eigenvalue weighted by molar-refractivity contribution is 0.252. The van der Waals surface area contributed by atoms with Crippen LogP contribution in [0, 0.1) is 0 Å². The number of nitrogens with one attached hydrogen (secondary N) is 2. The first kappa shape index (κ1) is 15.9. The van der Waals surface area contributed by atoms with Gasteiger partial charge in [-0.25, -0.2) is 10.2 Å². The van der Waals surface area contributed by atoms with Crippen molar-refractivity contribution < 1.29 is 4.79 Å². The number of amides is 2. The van der Waals surface area contributed by atoms with E-state index in [0.29, 0.717) is 10.7 Å². The summed E-state index contributed by atoms with van der Waals surface area (Å²) in [6.07, 6.45) is 0. The Morgan fingerprint density at radius 1 is 0.750 bits per heavy atom. The third-order valence-corrected chi connectivity index (χ3v) is 3.60. The van der Waals surface area contributed by atoms with Crippen molar-refractivity contribution in [2.75, 3.05) is 10.3 Å². The first-order valence-electron chi connectivity index (χ1n) is 7.46. The second kappa shape index (κ2) is 7.53. The van der Waals surface area contributed by atoms with Crippen molar-refractivity contribution in [2.45, 2.75) is 0 Å². The molecule has 3 aromatic rings. The summed E-state index contributed by atoms with van der Waals surface area (Å²) in [5, 5.41) is 5.14. The zero-order valence-corrected chi connectivity index (χ0v) is 13.6. The van der Waals surface area contributed by atoms with E-state index in [4.69, 9.17) is 11.6 Å². The summed E-state index contributed by atoms with van der Waals surface area (Å²) in [5.41, 5.74) is 5.24. The molecule has 2 N–H and O–H groups in total. The summed E-state index contributed by atoms with van der Waals surface area (Å²) in [6, 6.07) is 25.9. The molecule has 0 aromatic heterocycles. The first-order chi connectivity index (χ1) is 11.7. The van der Waals surface area contributed by atoms with Crippen molar-refractivity contribution in [3.8, 4) is 0 Å².